The third-order valence-corrected chi connectivity index (χ3v) is 14.2. The second-order valence-corrected chi connectivity index (χ2v) is 18.9. The molecule has 5 rings (SSSR count). The van der Waals surface area contributed by atoms with Crippen LogP contribution in [0.15, 0.2) is 24.5 Å². The second kappa shape index (κ2) is 11.1. The van der Waals surface area contributed by atoms with E-state index in [0.29, 0.717) is 51.2 Å². The summed E-state index contributed by atoms with van der Waals surface area (Å²) >= 11 is 1.23. The molecule has 41 heavy (non-hydrogen) atoms. The Kier molecular flexibility index (Phi) is 7.99. The highest BCUT2D eigenvalue weighted by atomic mass is 32.1. The third kappa shape index (κ3) is 6.31. The summed E-state index contributed by atoms with van der Waals surface area (Å²) in [7, 11) is -0.120. The van der Waals surface area contributed by atoms with Crippen LogP contribution in [-0.4, -0.2) is 54.2 Å². The van der Waals surface area contributed by atoms with Gasteiger partial charge in [0.15, 0.2) is 8.32 Å². The zero-order valence-corrected chi connectivity index (χ0v) is 27.1. The molecule has 3 aromatic rings. The van der Waals surface area contributed by atoms with Crippen LogP contribution in [0.3, 0.4) is 0 Å². The Hall–Kier alpha value is -2.89. The lowest BCUT2D eigenvalue weighted by Gasteiger charge is -2.59. The van der Waals surface area contributed by atoms with E-state index >= 15 is 0 Å². The number of carbonyl (C=O) groups is 1. The van der Waals surface area contributed by atoms with Gasteiger partial charge in [0.25, 0.3) is 11.1 Å². The van der Waals surface area contributed by atoms with Crippen LogP contribution in [0.5, 0.6) is 10.9 Å². The lowest BCUT2D eigenvalue weighted by molar-refractivity contribution is -0.112. The van der Waals surface area contributed by atoms with Crippen molar-refractivity contribution in [1.29, 1.82) is 0 Å². The van der Waals surface area contributed by atoms with E-state index in [9.17, 15) is 4.79 Å². The van der Waals surface area contributed by atoms with Gasteiger partial charge < -0.3 is 13.9 Å². The maximum Gasteiger partial charge on any atom is 0.295 e. The molecular weight excluding hydrogens is 555 g/mol. The molecular formula is C30H41N5O4SSi. The number of hydrogen-bond acceptors (Lipinski definition) is 9. The highest BCUT2D eigenvalue weighted by Gasteiger charge is 2.55. The van der Waals surface area contributed by atoms with Gasteiger partial charge in [-0.2, -0.15) is 0 Å². The summed E-state index contributed by atoms with van der Waals surface area (Å²) in [5, 5.41) is 12.2. The van der Waals surface area contributed by atoms with Gasteiger partial charge in [-0.25, -0.2) is 0 Å². The standard InChI is InChI=1S/C30H41N5O4SSi/c1-18-9-22(23-10-19(2)32-16-25(23)37-6)24(15-31-18)26(36)33-27-34-35-28(40-27)38-17-20-11-30(12-20)13-21(14-30)39-41(7,8)29(3,4)5/h9-10,15-16,20-21H,11-14,17H2,1-8H3,(H,33,34,36). The number of aryl methyl sites for hydroxylation is 2. The van der Waals surface area contributed by atoms with Gasteiger partial charge >= 0.3 is 0 Å². The van der Waals surface area contributed by atoms with Crippen LogP contribution in [0, 0.1) is 25.2 Å². The zero-order chi connectivity index (χ0) is 29.6. The predicted octanol–water partition coefficient (Wildman–Crippen LogP) is 6.83. The molecule has 0 unspecified atom stereocenters. The third-order valence-electron chi connectivity index (χ3n) is 8.90. The van der Waals surface area contributed by atoms with Gasteiger partial charge in [-0.05, 0) is 92.5 Å². The Balaban J connectivity index is 1.14. The summed E-state index contributed by atoms with van der Waals surface area (Å²) in [5.41, 5.74) is 3.95. The van der Waals surface area contributed by atoms with E-state index in [-0.39, 0.29) is 10.9 Å². The quantitative estimate of drug-likeness (QED) is 0.268. The van der Waals surface area contributed by atoms with E-state index < -0.39 is 8.32 Å². The Morgan fingerprint density at radius 2 is 1.71 bits per heavy atom. The number of rotatable bonds is 9. The topological polar surface area (TPSA) is 108 Å². The molecule has 11 heteroatoms. The van der Waals surface area contributed by atoms with Crippen molar-refractivity contribution < 1.29 is 18.7 Å². The number of pyridine rings is 2. The Morgan fingerprint density at radius 3 is 2.37 bits per heavy atom. The maximum atomic E-state index is 13.3. The van der Waals surface area contributed by atoms with Crippen molar-refractivity contribution in [2.75, 3.05) is 19.0 Å². The summed E-state index contributed by atoms with van der Waals surface area (Å²) in [6.45, 7) is 16.0. The number of aromatic nitrogens is 4. The molecule has 220 valence electrons. The molecule has 3 aromatic heterocycles. The van der Waals surface area contributed by atoms with E-state index in [1.54, 1.807) is 19.5 Å². The number of amides is 1. The first-order chi connectivity index (χ1) is 19.3. The fourth-order valence-corrected chi connectivity index (χ4v) is 7.71. The Labute approximate surface area is 247 Å². The van der Waals surface area contributed by atoms with E-state index in [1.165, 1.54) is 37.0 Å². The van der Waals surface area contributed by atoms with Crippen molar-refractivity contribution in [2.24, 2.45) is 11.3 Å². The lowest BCUT2D eigenvalue weighted by atomic mass is 9.51. The van der Waals surface area contributed by atoms with Crippen LogP contribution in [0.4, 0.5) is 5.13 Å². The van der Waals surface area contributed by atoms with Crippen molar-refractivity contribution >= 4 is 30.7 Å². The first-order valence-corrected chi connectivity index (χ1v) is 17.9. The van der Waals surface area contributed by atoms with Gasteiger partial charge in [-0.3, -0.25) is 20.1 Å². The van der Waals surface area contributed by atoms with Crippen molar-refractivity contribution in [1.82, 2.24) is 20.2 Å². The minimum Gasteiger partial charge on any atom is -0.494 e. The molecule has 2 aliphatic rings. The molecule has 1 spiro atoms. The highest BCUT2D eigenvalue weighted by Crippen LogP contribution is 2.60. The molecule has 9 nitrogen and oxygen atoms in total. The minimum absolute atomic E-state index is 0.247. The number of nitrogens with zero attached hydrogens (tertiary/aromatic N) is 4. The van der Waals surface area contributed by atoms with E-state index in [4.69, 9.17) is 13.9 Å². The number of nitrogens with one attached hydrogen (secondary N) is 1. The van der Waals surface area contributed by atoms with Gasteiger partial charge in [-0.15, -0.1) is 5.10 Å². The smallest absolute Gasteiger partial charge is 0.295 e. The first-order valence-electron chi connectivity index (χ1n) is 14.2. The zero-order valence-electron chi connectivity index (χ0n) is 25.3. The highest BCUT2D eigenvalue weighted by molar-refractivity contribution is 7.17. The molecule has 2 fully saturated rings. The first kappa shape index (κ1) is 29.6. The molecule has 0 aliphatic heterocycles. The van der Waals surface area contributed by atoms with Gasteiger partial charge in [0.1, 0.15) is 5.75 Å². The molecule has 2 saturated carbocycles. The largest absolute Gasteiger partial charge is 0.494 e. The van der Waals surface area contributed by atoms with Crippen molar-refractivity contribution in [3.63, 3.8) is 0 Å². The number of methoxy groups -OCH3 is 1. The average Bonchev–Trinajstić information content (AvgIpc) is 3.30. The van der Waals surface area contributed by atoms with E-state index in [1.807, 2.05) is 26.0 Å². The SMILES string of the molecule is COc1cnc(C)cc1-c1cc(C)ncc1C(=O)Nc1nnc(OCC2CC3(C2)CC(O[Si](C)(C)C(C)(C)C)C3)s1. The average molecular weight is 596 g/mol. The van der Waals surface area contributed by atoms with E-state index in [0.717, 1.165) is 17.0 Å². The predicted molar refractivity (Wildman–Crippen MR) is 163 cm³/mol. The van der Waals surface area contributed by atoms with Crippen molar-refractivity contribution in [3.8, 4) is 22.1 Å². The van der Waals surface area contributed by atoms with Crippen LogP contribution in [-0.2, 0) is 4.43 Å². The molecule has 0 atom stereocenters. The Bertz CT molecular complexity index is 1420. The minimum atomic E-state index is -1.71. The number of hydrogen-bond donors (Lipinski definition) is 1. The molecule has 0 aromatic carbocycles. The van der Waals surface area contributed by atoms with Crippen LogP contribution in [0.1, 0.15) is 68.2 Å². The summed E-state index contributed by atoms with van der Waals surface area (Å²) in [4.78, 5) is 22.0. The van der Waals surface area contributed by atoms with Crippen LogP contribution >= 0.6 is 11.3 Å². The van der Waals surface area contributed by atoms with Crippen LogP contribution in [0.2, 0.25) is 18.1 Å². The Morgan fingerprint density at radius 1 is 1.05 bits per heavy atom. The lowest BCUT2D eigenvalue weighted by Crippen LogP contribution is -2.56. The second-order valence-electron chi connectivity index (χ2n) is 13.2. The van der Waals surface area contributed by atoms with Crippen molar-refractivity contribution in [3.05, 3.63) is 41.5 Å². The van der Waals surface area contributed by atoms with Gasteiger partial charge in [-0.1, -0.05) is 25.9 Å². The maximum absolute atomic E-state index is 13.3. The molecule has 1 N–H and O–H groups in total. The monoisotopic (exact) mass is 595 g/mol. The van der Waals surface area contributed by atoms with Crippen LogP contribution in [0.25, 0.3) is 11.1 Å². The summed E-state index contributed by atoms with van der Waals surface area (Å²) in [6, 6.07) is 3.77. The van der Waals surface area contributed by atoms with Crippen molar-refractivity contribution in [2.45, 2.75) is 84.5 Å². The summed E-state index contributed by atoms with van der Waals surface area (Å²) in [6.07, 6.45) is 8.34. The normalized spacial score (nSPS) is 22.1. The molecule has 3 heterocycles. The molecule has 2 aliphatic carbocycles. The number of carbonyl (C=O) groups excluding carboxylic acids is 1. The summed E-state index contributed by atoms with van der Waals surface area (Å²) < 4.78 is 18.1. The summed E-state index contributed by atoms with van der Waals surface area (Å²) in [5.74, 6) is 0.776. The number of anilines is 1. The van der Waals surface area contributed by atoms with E-state index in [2.05, 4.69) is 59.3 Å². The molecule has 0 radical (unpaired) electrons. The fraction of sp³-hybridized carbons (Fsp3) is 0.567. The van der Waals surface area contributed by atoms with Gasteiger partial charge in [0.2, 0.25) is 5.13 Å². The molecule has 1 amide bonds. The number of ether oxygens (including phenoxy) is 2. The van der Waals surface area contributed by atoms with Gasteiger partial charge in [0, 0.05) is 34.8 Å². The molecule has 0 saturated heterocycles. The van der Waals surface area contributed by atoms with Gasteiger partial charge in [0.05, 0.1) is 25.5 Å². The fourth-order valence-electron chi connectivity index (χ4n) is 5.76. The van der Waals surface area contributed by atoms with Crippen LogP contribution < -0.4 is 14.8 Å². The molecule has 0 bridgehead atoms.